The number of aliphatic hydroxyl groups excluding tert-OH is 1. The number of hydrogen-bond acceptors (Lipinski definition) is 3. The van der Waals surface area contributed by atoms with E-state index in [0.717, 1.165) is 36.7 Å². The number of nitrogens with zero attached hydrogens (tertiary/aromatic N) is 1. The minimum absolute atomic E-state index is 0.256. The zero-order valence-electron chi connectivity index (χ0n) is 18.1. The molecule has 3 saturated carbocycles. The first-order chi connectivity index (χ1) is 13.0. The number of rotatable bonds is 4. The Hall–Kier alpha value is -0.120. The van der Waals surface area contributed by atoms with Crippen molar-refractivity contribution in [3.63, 3.8) is 0 Å². The lowest BCUT2D eigenvalue weighted by molar-refractivity contribution is -0.139. The van der Waals surface area contributed by atoms with E-state index in [4.69, 9.17) is 9.84 Å². The van der Waals surface area contributed by atoms with Gasteiger partial charge in [0.15, 0.2) is 0 Å². The highest BCUT2D eigenvalue weighted by molar-refractivity contribution is 5.09. The highest BCUT2D eigenvalue weighted by atomic mass is 16.5. The molecule has 1 N–H and O–H groups in total. The van der Waals surface area contributed by atoms with E-state index >= 15 is 0 Å². The molecule has 3 aliphatic carbocycles. The molecule has 0 aromatic carbocycles. The SMILES string of the molecule is CN1CCCCC2C3CCC4CC(OCCCO)CCC4(C)C3CCC21C. The van der Waals surface area contributed by atoms with Gasteiger partial charge in [-0.3, -0.25) is 0 Å². The summed E-state index contributed by atoms with van der Waals surface area (Å²) in [5, 5.41) is 9.02. The Morgan fingerprint density at radius 3 is 2.67 bits per heavy atom. The van der Waals surface area contributed by atoms with Gasteiger partial charge in [-0.2, -0.15) is 0 Å². The van der Waals surface area contributed by atoms with Crippen molar-refractivity contribution < 1.29 is 9.84 Å². The Morgan fingerprint density at radius 2 is 1.85 bits per heavy atom. The quantitative estimate of drug-likeness (QED) is 0.709. The van der Waals surface area contributed by atoms with Crippen molar-refractivity contribution in [1.82, 2.24) is 4.90 Å². The molecule has 7 atom stereocenters. The van der Waals surface area contributed by atoms with E-state index in [9.17, 15) is 0 Å². The second-order valence-corrected chi connectivity index (χ2v) is 10.8. The average molecular weight is 378 g/mol. The van der Waals surface area contributed by atoms with Gasteiger partial charge in [0.05, 0.1) is 6.10 Å². The third kappa shape index (κ3) is 3.51. The van der Waals surface area contributed by atoms with Crippen molar-refractivity contribution in [1.29, 1.82) is 0 Å². The number of ether oxygens (including phenoxy) is 1. The smallest absolute Gasteiger partial charge is 0.0578 e. The van der Waals surface area contributed by atoms with Crippen LogP contribution in [0.5, 0.6) is 0 Å². The standard InChI is InChI=1S/C24H43NO2/c1-23-12-10-19(27-16-6-15-26)17-18(23)8-9-20-21(23)11-13-24(2)22(20)7-4-5-14-25(24)3/h18-22,26H,4-17H2,1-3H3. The first-order valence-corrected chi connectivity index (χ1v) is 11.9. The van der Waals surface area contributed by atoms with Crippen LogP contribution < -0.4 is 0 Å². The summed E-state index contributed by atoms with van der Waals surface area (Å²) in [5.74, 6) is 3.68. The van der Waals surface area contributed by atoms with Gasteiger partial charge in [0.1, 0.15) is 0 Å². The maximum atomic E-state index is 9.02. The van der Waals surface area contributed by atoms with E-state index in [2.05, 4.69) is 25.8 Å². The third-order valence-electron chi connectivity index (χ3n) is 9.76. The lowest BCUT2D eigenvalue weighted by Crippen LogP contribution is -2.60. The van der Waals surface area contributed by atoms with E-state index in [0.29, 0.717) is 17.1 Å². The van der Waals surface area contributed by atoms with Gasteiger partial charge in [0.25, 0.3) is 0 Å². The van der Waals surface area contributed by atoms with Crippen molar-refractivity contribution in [3.05, 3.63) is 0 Å². The van der Waals surface area contributed by atoms with Gasteiger partial charge in [-0.15, -0.1) is 0 Å². The zero-order valence-corrected chi connectivity index (χ0v) is 18.1. The van der Waals surface area contributed by atoms with Crippen LogP contribution in [0.25, 0.3) is 0 Å². The van der Waals surface area contributed by atoms with Gasteiger partial charge in [0.2, 0.25) is 0 Å². The Labute approximate surface area is 167 Å². The molecule has 3 heteroatoms. The van der Waals surface area contributed by atoms with Crippen LogP contribution in [0, 0.1) is 29.1 Å². The fourth-order valence-electron chi connectivity index (χ4n) is 7.95. The Morgan fingerprint density at radius 1 is 1.00 bits per heavy atom. The lowest BCUT2D eigenvalue weighted by Gasteiger charge is -2.62. The molecule has 1 heterocycles. The van der Waals surface area contributed by atoms with E-state index in [1.54, 1.807) is 0 Å². The van der Waals surface area contributed by atoms with Gasteiger partial charge in [-0.25, -0.2) is 0 Å². The summed E-state index contributed by atoms with van der Waals surface area (Å²) < 4.78 is 6.12. The molecule has 0 aromatic heterocycles. The van der Waals surface area contributed by atoms with Crippen molar-refractivity contribution in [2.75, 3.05) is 26.8 Å². The second-order valence-electron chi connectivity index (χ2n) is 10.8. The number of likely N-dealkylation sites (tertiary alicyclic amines) is 1. The first-order valence-electron chi connectivity index (χ1n) is 11.9. The molecule has 0 aromatic rings. The average Bonchev–Trinajstić information content (AvgIpc) is 2.81. The number of hydrogen-bond donors (Lipinski definition) is 1. The highest BCUT2D eigenvalue weighted by Gasteiger charge is 2.57. The van der Waals surface area contributed by atoms with Crippen LogP contribution in [0.1, 0.15) is 84.5 Å². The van der Waals surface area contributed by atoms with Crippen LogP contribution in [0.2, 0.25) is 0 Å². The number of fused-ring (bicyclic) bond motifs is 5. The van der Waals surface area contributed by atoms with Gasteiger partial charge < -0.3 is 14.7 Å². The molecule has 27 heavy (non-hydrogen) atoms. The molecule has 0 bridgehead atoms. The molecule has 156 valence electrons. The molecular formula is C24H43NO2. The molecule has 7 unspecified atom stereocenters. The maximum Gasteiger partial charge on any atom is 0.0578 e. The fourth-order valence-corrected chi connectivity index (χ4v) is 7.95. The second kappa shape index (κ2) is 7.95. The van der Waals surface area contributed by atoms with Crippen LogP contribution in [-0.2, 0) is 4.74 Å². The zero-order chi connectivity index (χ0) is 19.1. The molecule has 4 fully saturated rings. The molecule has 1 aliphatic heterocycles. The summed E-state index contributed by atoms with van der Waals surface area (Å²) in [4.78, 5) is 2.74. The Bertz CT molecular complexity index is 511. The predicted octanol–water partition coefficient (Wildman–Crippen LogP) is 4.87. The van der Waals surface area contributed by atoms with Gasteiger partial charge >= 0.3 is 0 Å². The monoisotopic (exact) mass is 377 g/mol. The van der Waals surface area contributed by atoms with Crippen LogP contribution in [-0.4, -0.2) is 48.5 Å². The van der Waals surface area contributed by atoms with Crippen LogP contribution in [0.3, 0.4) is 0 Å². The van der Waals surface area contributed by atoms with Crippen LogP contribution in [0.15, 0.2) is 0 Å². The van der Waals surface area contributed by atoms with E-state index in [1.807, 2.05) is 0 Å². The van der Waals surface area contributed by atoms with Crippen LogP contribution in [0.4, 0.5) is 0 Å². The lowest BCUT2D eigenvalue weighted by atomic mass is 9.45. The Kier molecular flexibility index (Phi) is 5.94. The molecular weight excluding hydrogens is 334 g/mol. The van der Waals surface area contributed by atoms with Gasteiger partial charge in [-0.05, 0) is 114 Å². The summed E-state index contributed by atoms with van der Waals surface area (Å²) in [7, 11) is 2.40. The topological polar surface area (TPSA) is 32.7 Å². The van der Waals surface area contributed by atoms with Gasteiger partial charge in [-0.1, -0.05) is 13.3 Å². The van der Waals surface area contributed by atoms with E-state index in [-0.39, 0.29) is 6.61 Å². The molecule has 0 amide bonds. The molecule has 4 aliphatic rings. The normalized spacial score (nSPS) is 48.2. The predicted molar refractivity (Wildman–Crippen MR) is 111 cm³/mol. The summed E-state index contributed by atoms with van der Waals surface area (Å²) in [6, 6.07) is 0. The summed E-state index contributed by atoms with van der Waals surface area (Å²) in [6.45, 7) is 7.55. The van der Waals surface area contributed by atoms with E-state index in [1.165, 1.54) is 70.8 Å². The van der Waals surface area contributed by atoms with Crippen molar-refractivity contribution >= 4 is 0 Å². The van der Waals surface area contributed by atoms with Gasteiger partial charge in [0, 0.05) is 18.8 Å². The Balaban J connectivity index is 1.48. The minimum Gasteiger partial charge on any atom is -0.396 e. The first kappa shape index (κ1) is 20.2. The highest BCUT2D eigenvalue weighted by Crippen LogP contribution is 2.63. The third-order valence-corrected chi connectivity index (χ3v) is 9.76. The summed E-state index contributed by atoms with van der Waals surface area (Å²) >= 11 is 0. The minimum atomic E-state index is 0.256. The fraction of sp³-hybridized carbons (Fsp3) is 1.00. The number of aliphatic hydroxyl groups is 1. The molecule has 0 spiro atoms. The molecule has 1 saturated heterocycles. The molecule has 3 nitrogen and oxygen atoms in total. The van der Waals surface area contributed by atoms with Crippen molar-refractivity contribution in [3.8, 4) is 0 Å². The maximum absolute atomic E-state index is 9.02. The van der Waals surface area contributed by atoms with Crippen LogP contribution >= 0.6 is 0 Å². The van der Waals surface area contributed by atoms with Crippen molar-refractivity contribution in [2.45, 2.75) is 96.1 Å². The largest absolute Gasteiger partial charge is 0.396 e. The molecule has 4 rings (SSSR count). The van der Waals surface area contributed by atoms with E-state index < -0.39 is 0 Å². The molecule has 0 radical (unpaired) electrons. The summed E-state index contributed by atoms with van der Waals surface area (Å²) in [6.07, 6.45) is 15.2. The summed E-state index contributed by atoms with van der Waals surface area (Å²) in [5.41, 5.74) is 0.997. The van der Waals surface area contributed by atoms with Crippen molar-refractivity contribution in [2.24, 2.45) is 29.1 Å².